The molecule has 0 aliphatic heterocycles. The molecule has 122 valence electrons. The van der Waals surface area contributed by atoms with Gasteiger partial charge in [0, 0.05) is 17.0 Å². The van der Waals surface area contributed by atoms with Crippen molar-refractivity contribution in [3.63, 3.8) is 0 Å². The van der Waals surface area contributed by atoms with Gasteiger partial charge in [0.25, 0.3) is 0 Å². The van der Waals surface area contributed by atoms with Crippen LogP contribution in [0, 0.1) is 10.1 Å². The molecule has 1 aromatic carbocycles. The number of fused-ring (bicyclic) bond motifs is 1. The zero-order chi connectivity index (χ0) is 17.3. The highest BCUT2D eigenvalue weighted by Gasteiger charge is 2.12. The number of anilines is 1. The molecule has 24 heavy (non-hydrogen) atoms. The molecule has 0 fully saturated rings. The number of nitro groups is 1. The highest BCUT2D eigenvalue weighted by molar-refractivity contribution is 7.22. The summed E-state index contributed by atoms with van der Waals surface area (Å²) in [7, 11) is 0. The molecule has 0 atom stereocenters. The summed E-state index contributed by atoms with van der Waals surface area (Å²) in [5.74, 6) is -0.396. The van der Waals surface area contributed by atoms with E-state index in [4.69, 9.17) is 23.2 Å². The fourth-order valence-corrected chi connectivity index (χ4v) is 3.84. The second-order valence-corrected chi connectivity index (χ2v) is 7.39. The van der Waals surface area contributed by atoms with E-state index >= 15 is 0 Å². The van der Waals surface area contributed by atoms with E-state index in [0.717, 1.165) is 16.0 Å². The van der Waals surface area contributed by atoms with Crippen molar-refractivity contribution in [3.05, 3.63) is 55.4 Å². The smallest absolute Gasteiger partial charge is 0.298 e. The SMILES string of the molecule is O=C(/C=C/c1ccc([N+](=O)[O-])s1)Nc1nc2c(Cl)c(Cl)ccc2s1. The molecule has 2 aromatic heterocycles. The Morgan fingerprint density at radius 2 is 2.04 bits per heavy atom. The van der Waals surface area contributed by atoms with Crippen LogP contribution in [0.5, 0.6) is 0 Å². The first-order valence-electron chi connectivity index (χ1n) is 6.42. The van der Waals surface area contributed by atoms with E-state index < -0.39 is 10.8 Å². The van der Waals surface area contributed by atoms with E-state index in [9.17, 15) is 14.9 Å². The van der Waals surface area contributed by atoms with Crippen LogP contribution in [0.1, 0.15) is 4.88 Å². The largest absolute Gasteiger partial charge is 0.324 e. The quantitative estimate of drug-likeness (QED) is 0.369. The van der Waals surface area contributed by atoms with Crippen molar-refractivity contribution >= 4 is 78.2 Å². The first-order valence-corrected chi connectivity index (χ1v) is 8.81. The van der Waals surface area contributed by atoms with Crippen LogP contribution in [0.2, 0.25) is 10.0 Å². The van der Waals surface area contributed by atoms with Gasteiger partial charge >= 0.3 is 5.00 Å². The summed E-state index contributed by atoms with van der Waals surface area (Å²) in [5.41, 5.74) is 0.530. The number of nitrogens with one attached hydrogen (secondary N) is 1. The van der Waals surface area contributed by atoms with Gasteiger partial charge in [-0.2, -0.15) is 0 Å². The van der Waals surface area contributed by atoms with Crippen LogP contribution in [0.4, 0.5) is 10.1 Å². The summed E-state index contributed by atoms with van der Waals surface area (Å²) in [4.78, 5) is 26.9. The standard InChI is InChI=1S/C14H7Cl2N3O3S2/c15-8-3-4-9-13(12(8)16)18-14(24-9)17-10(20)5-1-7-2-6-11(23-7)19(21)22/h1-6H,(H,17,18,20)/b5-1+. The lowest BCUT2D eigenvalue weighted by molar-refractivity contribution is -0.380. The van der Waals surface area contributed by atoms with Gasteiger partial charge in [0.1, 0.15) is 5.52 Å². The number of thiophene rings is 1. The molecule has 0 aliphatic carbocycles. The first kappa shape index (κ1) is 16.8. The summed E-state index contributed by atoms with van der Waals surface area (Å²) in [6, 6.07) is 6.41. The average Bonchev–Trinajstić information content (AvgIpc) is 3.16. The van der Waals surface area contributed by atoms with Crippen molar-refractivity contribution < 1.29 is 9.72 Å². The Balaban J connectivity index is 1.73. The maximum atomic E-state index is 11.9. The monoisotopic (exact) mass is 399 g/mol. The Labute approximate surface area is 153 Å². The Hall–Kier alpha value is -2.00. The van der Waals surface area contributed by atoms with Gasteiger partial charge in [0.2, 0.25) is 5.91 Å². The van der Waals surface area contributed by atoms with Gasteiger partial charge in [-0.1, -0.05) is 45.9 Å². The van der Waals surface area contributed by atoms with Crippen molar-refractivity contribution in [2.45, 2.75) is 0 Å². The molecule has 3 aromatic rings. The molecular formula is C14H7Cl2N3O3S2. The Bertz CT molecular complexity index is 981. The topological polar surface area (TPSA) is 85.1 Å². The molecule has 0 saturated heterocycles. The van der Waals surface area contributed by atoms with Crippen molar-refractivity contribution in [2.24, 2.45) is 0 Å². The third-order valence-corrected chi connectivity index (χ3v) is 5.61. The lowest BCUT2D eigenvalue weighted by atomic mass is 10.3. The number of rotatable bonds is 4. The highest BCUT2D eigenvalue weighted by Crippen LogP contribution is 2.35. The van der Waals surface area contributed by atoms with Crippen LogP contribution in [-0.2, 0) is 4.79 Å². The van der Waals surface area contributed by atoms with Gasteiger partial charge in [0.15, 0.2) is 5.13 Å². The van der Waals surface area contributed by atoms with E-state index in [-0.39, 0.29) is 5.00 Å². The minimum absolute atomic E-state index is 0.0211. The zero-order valence-electron chi connectivity index (χ0n) is 11.7. The van der Waals surface area contributed by atoms with E-state index in [1.54, 1.807) is 18.2 Å². The average molecular weight is 400 g/mol. The maximum absolute atomic E-state index is 11.9. The van der Waals surface area contributed by atoms with Crippen LogP contribution in [-0.4, -0.2) is 15.8 Å². The molecule has 0 saturated carbocycles. The Kier molecular flexibility index (Phi) is 4.81. The Morgan fingerprint density at radius 1 is 1.25 bits per heavy atom. The number of nitrogens with zero attached hydrogens (tertiary/aromatic N) is 2. The predicted octanol–water partition coefficient (Wildman–Crippen LogP) is 5.22. The van der Waals surface area contributed by atoms with Crippen LogP contribution in [0.15, 0.2) is 30.3 Å². The van der Waals surface area contributed by atoms with E-state index in [1.165, 1.54) is 29.6 Å². The van der Waals surface area contributed by atoms with Gasteiger partial charge in [-0.25, -0.2) is 4.98 Å². The first-order chi connectivity index (χ1) is 11.4. The molecule has 3 rings (SSSR count). The lowest BCUT2D eigenvalue weighted by Crippen LogP contribution is -2.07. The predicted molar refractivity (Wildman–Crippen MR) is 98.3 cm³/mol. The van der Waals surface area contributed by atoms with Gasteiger partial charge in [-0.05, 0) is 24.3 Å². The van der Waals surface area contributed by atoms with Crippen LogP contribution in [0.25, 0.3) is 16.3 Å². The molecular weight excluding hydrogens is 393 g/mol. The van der Waals surface area contributed by atoms with Crippen LogP contribution < -0.4 is 5.32 Å². The minimum Gasteiger partial charge on any atom is -0.298 e. The molecule has 6 nitrogen and oxygen atoms in total. The van der Waals surface area contributed by atoms with Crippen molar-refractivity contribution in [2.75, 3.05) is 5.32 Å². The Morgan fingerprint density at radius 3 is 2.75 bits per heavy atom. The van der Waals surface area contributed by atoms with Crippen LogP contribution in [0.3, 0.4) is 0 Å². The summed E-state index contributed by atoms with van der Waals surface area (Å²) < 4.78 is 0.803. The van der Waals surface area contributed by atoms with E-state index in [2.05, 4.69) is 10.3 Å². The summed E-state index contributed by atoms with van der Waals surface area (Å²) in [6.45, 7) is 0. The van der Waals surface area contributed by atoms with Gasteiger partial charge in [0.05, 0.1) is 19.7 Å². The number of halogens is 2. The van der Waals surface area contributed by atoms with E-state index in [1.807, 2.05) is 0 Å². The van der Waals surface area contributed by atoms with Crippen molar-refractivity contribution in [1.82, 2.24) is 4.98 Å². The summed E-state index contributed by atoms with van der Waals surface area (Å²) >= 11 is 14.3. The van der Waals surface area contributed by atoms with Crippen LogP contribution >= 0.6 is 45.9 Å². The number of benzene rings is 1. The molecule has 1 N–H and O–H groups in total. The normalized spacial score (nSPS) is 11.2. The lowest BCUT2D eigenvalue weighted by Gasteiger charge is -1.95. The zero-order valence-corrected chi connectivity index (χ0v) is 14.8. The number of amides is 1. The molecule has 0 aliphatic rings. The number of hydrogen-bond acceptors (Lipinski definition) is 6. The molecule has 0 bridgehead atoms. The molecule has 0 unspecified atom stereocenters. The summed E-state index contributed by atoms with van der Waals surface area (Å²) in [5, 5.41) is 14.4. The summed E-state index contributed by atoms with van der Waals surface area (Å²) in [6.07, 6.45) is 2.79. The van der Waals surface area contributed by atoms with E-state index in [0.29, 0.717) is 25.6 Å². The fourth-order valence-electron chi connectivity index (χ4n) is 1.83. The van der Waals surface area contributed by atoms with Gasteiger partial charge in [-0.15, -0.1) is 0 Å². The number of hydrogen-bond donors (Lipinski definition) is 1. The number of carbonyl (C=O) groups excluding carboxylic acids is 1. The second-order valence-electron chi connectivity index (χ2n) is 4.48. The third-order valence-electron chi connectivity index (χ3n) is 2.87. The molecule has 10 heteroatoms. The molecule has 0 radical (unpaired) electrons. The molecule has 2 heterocycles. The highest BCUT2D eigenvalue weighted by atomic mass is 35.5. The molecule has 0 spiro atoms. The number of carbonyl (C=O) groups is 1. The number of aromatic nitrogens is 1. The van der Waals surface area contributed by atoms with Crippen molar-refractivity contribution in [3.8, 4) is 0 Å². The van der Waals surface area contributed by atoms with Gasteiger partial charge < -0.3 is 0 Å². The van der Waals surface area contributed by atoms with Gasteiger partial charge in [-0.3, -0.25) is 20.2 Å². The number of thiazole rings is 1. The molecule has 1 amide bonds. The van der Waals surface area contributed by atoms with Crippen molar-refractivity contribution in [1.29, 1.82) is 0 Å². The third kappa shape index (κ3) is 3.57. The second kappa shape index (κ2) is 6.86. The fraction of sp³-hybridized carbons (Fsp3) is 0. The maximum Gasteiger partial charge on any atom is 0.324 e. The minimum atomic E-state index is -0.474.